The lowest BCUT2D eigenvalue weighted by Crippen LogP contribution is -2.48. The second-order valence-corrected chi connectivity index (χ2v) is 5.52. The third kappa shape index (κ3) is 3.40. The molecular formula is C15H18N2O4. The van der Waals surface area contributed by atoms with Crippen LogP contribution in [0.15, 0.2) is 24.3 Å². The van der Waals surface area contributed by atoms with Crippen LogP contribution in [0, 0.1) is 5.92 Å². The summed E-state index contributed by atoms with van der Waals surface area (Å²) in [6, 6.07) is 6.55. The van der Waals surface area contributed by atoms with Crippen LogP contribution in [0.5, 0.6) is 0 Å². The fraction of sp³-hybridized carbons (Fsp3) is 0.467. The Morgan fingerprint density at radius 3 is 2.67 bits per heavy atom. The molecule has 0 bridgehead atoms. The van der Waals surface area contributed by atoms with Gasteiger partial charge in [0, 0.05) is 11.6 Å². The van der Waals surface area contributed by atoms with E-state index in [4.69, 9.17) is 4.74 Å². The van der Waals surface area contributed by atoms with E-state index in [0.29, 0.717) is 11.3 Å². The molecule has 2 aliphatic rings. The molecule has 21 heavy (non-hydrogen) atoms. The molecule has 112 valence electrons. The van der Waals surface area contributed by atoms with Gasteiger partial charge in [-0.15, -0.1) is 0 Å². The topological polar surface area (TPSA) is 87.7 Å². The van der Waals surface area contributed by atoms with Crippen LogP contribution in [-0.4, -0.2) is 36.2 Å². The first-order valence-electron chi connectivity index (χ1n) is 7.09. The Labute approximate surface area is 122 Å². The number of aliphatic hydroxyl groups is 1. The second-order valence-electron chi connectivity index (χ2n) is 5.52. The predicted octanol–water partition coefficient (Wildman–Crippen LogP) is 0.583. The lowest BCUT2D eigenvalue weighted by molar-refractivity contribution is -0.133. The Kier molecular flexibility index (Phi) is 3.90. The summed E-state index contributed by atoms with van der Waals surface area (Å²) in [6.07, 6.45) is 1.09. The normalized spacial score (nSPS) is 23.3. The molecule has 3 N–H and O–H groups in total. The van der Waals surface area contributed by atoms with Crippen molar-refractivity contribution in [1.82, 2.24) is 5.32 Å². The molecule has 1 saturated carbocycles. The van der Waals surface area contributed by atoms with Crippen LogP contribution in [0.25, 0.3) is 0 Å². The number of anilines is 1. The molecule has 0 unspecified atom stereocenters. The number of nitrogens with one attached hydrogen (secondary N) is 2. The zero-order valence-corrected chi connectivity index (χ0v) is 11.5. The minimum atomic E-state index is -0.831. The van der Waals surface area contributed by atoms with Gasteiger partial charge < -0.3 is 20.5 Å². The summed E-state index contributed by atoms with van der Waals surface area (Å²) < 4.78 is 5.12. The Balaban J connectivity index is 1.62. The summed E-state index contributed by atoms with van der Waals surface area (Å²) in [5.41, 5.74) is 1.39. The molecule has 6 nitrogen and oxygen atoms in total. The predicted molar refractivity (Wildman–Crippen MR) is 75.5 cm³/mol. The summed E-state index contributed by atoms with van der Waals surface area (Å²) in [5, 5.41) is 15.8. The first kappa shape index (κ1) is 14.0. The van der Waals surface area contributed by atoms with Gasteiger partial charge in [-0.25, -0.2) is 0 Å². The number of amides is 2. The number of carbonyl (C=O) groups excluding carboxylic acids is 2. The van der Waals surface area contributed by atoms with Gasteiger partial charge in [-0.05, 0) is 30.5 Å². The molecule has 1 aromatic carbocycles. The maximum Gasteiger partial charge on any atom is 0.246 e. The van der Waals surface area contributed by atoms with Gasteiger partial charge in [-0.1, -0.05) is 12.1 Å². The van der Waals surface area contributed by atoms with E-state index in [9.17, 15) is 14.7 Å². The molecule has 3 rings (SSSR count). The van der Waals surface area contributed by atoms with Crippen LogP contribution in [0.1, 0.15) is 24.5 Å². The molecule has 6 heteroatoms. The van der Waals surface area contributed by atoms with E-state index < -0.39 is 12.1 Å². The number of hydrogen-bond acceptors (Lipinski definition) is 4. The Hall–Kier alpha value is -1.92. The van der Waals surface area contributed by atoms with Crippen LogP contribution in [0.3, 0.4) is 0 Å². The number of rotatable bonds is 4. The number of ether oxygens (including phenoxy) is 1. The van der Waals surface area contributed by atoms with Gasteiger partial charge >= 0.3 is 0 Å². The van der Waals surface area contributed by atoms with Crippen molar-refractivity contribution in [3.63, 3.8) is 0 Å². The average Bonchev–Trinajstić information content (AvgIpc) is 3.32. The maximum atomic E-state index is 11.7. The van der Waals surface area contributed by atoms with Crippen LogP contribution in [0.2, 0.25) is 0 Å². The highest BCUT2D eigenvalue weighted by Gasteiger charge is 2.30. The average molecular weight is 290 g/mol. The largest absolute Gasteiger partial charge is 0.386 e. The highest BCUT2D eigenvalue weighted by molar-refractivity contribution is 5.94. The van der Waals surface area contributed by atoms with Gasteiger partial charge in [0.25, 0.3) is 0 Å². The SMILES string of the molecule is O=C1COC[C@H]([C@H](O)c2ccc(NC(=O)C3CC3)cc2)N1. The molecule has 1 aliphatic heterocycles. The van der Waals surface area contributed by atoms with Gasteiger partial charge in [-0.2, -0.15) is 0 Å². The first-order valence-corrected chi connectivity index (χ1v) is 7.09. The van der Waals surface area contributed by atoms with Gasteiger partial charge in [0.2, 0.25) is 11.8 Å². The van der Waals surface area contributed by atoms with Crippen LogP contribution < -0.4 is 10.6 Å². The standard InChI is InChI=1S/C15H18N2O4/c18-13-8-21-7-12(17-13)14(19)9-3-5-11(6-4-9)16-15(20)10-1-2-10/h3-6,10,12,14,19H,1-2,7-8H2,(H,16,20)(H,17,18)/t12-,14-/m1/s1. The van der Waals surface area contributed by atoms with Crippen molar-refractivity contribution >= 4 is 17.5 Å². The summed E-state index contributed by atoms with van der Waals surface area (Å²) in [5.74, 6) is -0.0141. The van der Waals surface area contributed by atoms with E-state index in [1.54, 1.807) is 24.3 Å². The molecule has 1 aliphatic carbocycles. The monoisotopic (exact) mass is 290 g/mol. The molecule has 2 fully saturated rings. The molecule has 1 saturated heterocycles. The zero-order chi connectivity index (χ0) is 14.8. The highest BCUT2D eigenvalue weighted by atomic mass is 16.5. The molecule has 2 amide bonds. The fourth-order valence-electron chi connectivity index (χ4n) is 2.32. The number of carbonyl (C=O) groups is 2. The fourth-order valence-corrected chi connectivity index (χ4v) is 2.32. The van der Waals surface area contributed by atoms with Crippen molar-refractivity contribution in [1.29, 1.82) is 0 Å². The number of benzene rings is 1. The van der Waals surface area contributed by atoms with Crippen LogP contribution in [-0.2, 0) is 14.3 Å². The molecule has 2 atom stereocenters. The Morgan fingerprint density at radius 1 is 1.33 bits per heavy atom. The van der Waals surface area contributed by atoms with Crippen molar-refractivity contribution < 1.29 is 19.4 Å². The summed E-state index contributed by atoms with van der Waals surface area (Å²) in [4.78, 5) is 22.9. The highest BCUT2D eigenvalue weighted by Crippen LogP contribution is 2.30. The van der Waals surface area contributed by atoms with E-state index in [0.717, 1.165) is 12.8 Å². The van der Waals surface area contributed by atoms with Crippen molar-refractivity contribution in [3.8, 4) is 0 Å². The summed E-state index contributed by atoms with van der Waals surface area (Å²) in [7, 11) is 0. The first-order chi connectivity index (χ1) is 10.1. The van der Waals surface area contributed by atoms with Crippen molar-refractivity contribution in [2.45, 2.75) is 25.0 Å². The van der Waals surface area contributed by atoms with E-state index >= 15 is 0 Å². The maximum absolute atomic E-state index is 11.7. The Bertz CT molecular complexity index is 539. The lowest BCUT2D eigenvalue weighted by Gasteiger charge is -2.28. The number of morpholine rings is 1. The van der Waals surface area contributed by atoms with Gasteiger partial charge in [0.15, 0.2) is 0 Å². The minimum Gasteiger partial charge on any atom is -0.386 e. The minimum absolute atomic E-state index is 0.0371. The quantitative estimate of drug-likeness (QED) is 0.757. The van der Waals surface area contributed by atoms with Gasteiger partial charge in [0.05, 0.1) is 12.6 Å². The Morgan fingerprint density at radius 2 is 2.05 bits per heavy atom. The number of aliphatic hydroxyl groups excluding tert-OH is 1. The molecule has 0 aromatic heterocycles. The molecular weight excluding hydrogens is 272 g/mol. The van der Waals surface area contributed by atoms with Crippen LogP contribution >= 0.6 is 0 Å². The molecule has 0 radical (unpaired) electrons. The van der Waals surface area contributed by atoms with E-state index in [2.05, 4.69) is 10.6 Å². The van der Waals surface area contributed by atoms with Crippen molar-refractivity contribution in [2.24, 2.45) is 5.92 Å². The lowest BCUT2D eigenvalue weighted by atomic mass is 10.0. The van der Waals surface area contributed by atoms with Gasteiger partial charge in [-0.3, -0.25) is 9.59 Å². The molecule has 0 spiro atoms. The van der Waals surface area contributed by atoms with E-state index in [-0.39, 0.29) is 30.9 Å². The molecule has 1 aromatic rings. The molecule has 1 heterocycles. The third-order valence-corrected chi connectivity index (χ3v) is 3.73. The number of hydrogen-bond donors (Lipinski definition) is 3. The summed E-state index contributed by atoms with van der Waals surface area (Å²) >= 11 is 0. The van der Waals surface area contributed by atoms with E-state index in [1.807, 2.05) is 0 Å². The zero-order valence-electron chi connectivity index (χ0n) is 11.5. The van der Waals surface area contributed by atoms with Crippen molar-refractivity contribution in [2.75, 3.05) is 18.5 Å². The van der Waals surface area contributed by atoms with Crippen molar-refractivity contribution in [3.05, 3.63) is 29.8 Å². The summed E-state index contributed by atoms with van der Waals surface area (Å²) in [6.45, 7) is 0.322. The van der Waals surface area contributed by atoms with E-state index in [1.165, 1.54) is 0 Å². The third-order valence-electron chi connectivity index (χ3n) is 3.73. The van der Waals surface area contributed by atoms with Crippen LogP contribution in [0.4, 0.5) is 5.69 Å². The van der Waals surface area contributed by atoms with Gasteiger partial charge in [0.1, 0.15) is 12.7 Å². The second kappa shape index (κ2) is 5.83. The smallest absolute Gasteiger partial charge is 0.246 e.